The number of hydrogen-bond acceptors (Lipinski definition) is 2. The molecule has 3 aromatic rings. The highest BCUT2D eigenvalue weighted by atomic mass is 16.5. The SMILES string of the molecule is Cc1cccc(OCc2cn(C(C)C)c3ccc(N)cc23)c1. The van der Waals surface area contributed by atoms with Gasteiger partial charge in [0.15, 0.2) is 0 Å². The van der Waals surface area contributed by atoms with Gasteiger partial charge in [0.1, 0.15) is 12.4 Å². The number of ether oxygens (including phenoxy) is 1. The molecule has 2 N–H and O–H groups in total. The third-order valence-electron chi connectivity index (χ3n) is 3.88. The normalized spacial score (nSPS) is 11.3. The number of rotatable bonds is 4. The molecule has 0 atom stereocenters. The first kappa shape index (κ1) is 14.5. The highest BCUT2D eigenvalue weighted by Crippen LogP contribution is 2.27. The third kappa shape index (κ3) is 2.80. The van der Waals surface area contributed by atoms with Crippen LogP contribution in [0.4, 0.5) is 5.69 Å². The van der Waals surface area contributed by atoms with Gasteiger partial charge in [0, 0.05) is 34.4 Å². The molecule has 0 aliphatic carbocycles. The number of benzene rings is 2. The van der Waals surface area contributed by atoms with Crippen LogP contribution in [0.2, 0.25) is 0 Å². The quantitative estimate of drug-likeness (QED) is 0.709. The van der Waals surface area contributed by atoms with E-state index in [2.05, 4.69) is 49.7 Å². The molecule has 0 aliphatic heterocycles. The van der Waals surface area contributed by atoms with Gasteiger partial charge in [-0.15, -0.1) is 0 Å². The Bertz CT molecular complexity index is 802. The fraction of sp³-hybridized carbons (Fsp3) is 0.263. The Morgan fingerprint density at radius 1 is 1.14 bits per heavy atom. The summed E-state index contributed by atoms with van der Waals surface area (Å²) in [7, 11) is 0. The van der Waals surface area contributed by atoms with Crippen LogP contribution < -0.4 is 10.5 Å². The van der Waals surface area contributed by atoms with Crippen molar-refractivity contribution >= 4 is 16.6 Å². The number of anilines is 1. The van der Waals surface area contributed by atoms with Crippen LogP contribution in [-0.4, -0.2) is 4.57 Å². The molecule has 0 saturated carbocycles. The summed E-state index contributed by atoms with van der Waals surface area (Å²) in [5.41, 5.74) is 10.3. The van der Waals surface area contributed by atoms with Crippen molar-refractivity contribution in [2.45, 2.75) is 33.4 Å². The Kier molecular flexibility index (Phi) is 3.80. The topological polar surface area (TPSA) is 40.2 Å². The lowest BCUT2D eigenvalue weighted by Gasteiger charge is -2.08. The predicted molar refractivity (Wildman–Crippen MR) is 92.2 cm³/mol. The van der Waals surface area contributed by atoms with E-state index in [-0.39, 0.29) is 0 Å². The summed E-state index contributed by atoms with van der Waals surface area (Å²) < 4.78 is 8.23. The molecule has 114 valence electrons. The van der Waals surface area contributed by atoms with E-state index in [0.717, 1.165) is 17.0 Å². The molecule has 3 nitrogen and oxygen atoms in total. The summed E-state index contributed by atoms with van der Waals surface area (Å²) in [6, 6.07) is 14.6. The van der Waals surface area contributed by atoms with Gasteiger partial charge in [0.2, 0.25) is 0 Å². The summed E-state index contributed by atoms with van der Waals surface area (Å²) in [6.07, 6.45) is 2.17. The molecular weight excluding hydrogens is 272 g/mol. The minimum atomic E-state index is 0.402. The van der Waals surface area contributed by atoms with Gasteiger partial charge in [-0.3, -0.25) is 0 Å². The number of nitrogens with two attached hydrogens (primary N) is 1. The number of fused-ring (bicyclic) bond motifs is 1. The summed E-state index contributed by atoms with van der Waals surface area (Å²) in [5, 5.41) is 1.17. The summed E-state index contributed by atoms with van der Waals surface area (Å²) in [5.74, 6) is 0.898. The van der Waals surface area contributed by atoms with E-state index in [4.69, 9.17) is 10.5 Å². The molecule has 0 unspecified atom stereocenters. The smallest absolute Gasteiger partial charge is 0.120 e. The van der Waals surface area contributed by atoms with Gasteiger partial charge in [-0.25, -0.2) is 0 Å². The van der Waals surface area contributed by atoms with Crippen LogP contribution in [0, 0.1) is 6.92 Å². The summed E-state index contributed by atoms with van der Waals surface area (Å²) >= 11 is 0. The van der Waals surface area contributed by atoms with Gasteiger partial charge in [-0.2, -0.15) is 0 Å². The molecule has 22 heavy (non-hydrogen) atoms. The van der Waals surface area contributed by atoms with E-state index < -0.39 is 0 Å². The molecule has 3 rings (SSSR count). The van der Waals surface area contributed by atoms with E-state index in [1.54, 1.807) is 0 Å². The first-order valence-electron chi connectivity index (χ1n) is 7.63. The molecule has 1 aromatic heterocycles. The minimum absolute atomic E-state index is 0.402. The number of aromatic nitrogens is 1. The third-order valence-corrected chi connectivity index (χ3v) is 3.88. The monoisotopic (exact) mass is 294 g/mol. The first-order chi connectivity index (χ1) is 10.5. The van der Waals surface area contributed by atoms with Gasteiger partial charge in [0.05, 0.1) is 0 Å². The van der Waals surface area contributed by atoms with Crippen LogP contribution in [0.1, 0.15) is 31.0 Å². The van der Waals surface area contributed by atoms with Crippen LogP contribution in [0.25, 0.3) is 10.9 Å². The molecule has 2 aromatic carbocycles. The Hall–Kier alpha value is -2.42. The molecular formula is C19H22N2O. The molecule has 0 saturated heterocycles. The van der Waals surface area contributed by atoms with Gasteiger partial charge in [-0.1, -0.05) is 12.1 Å². The summed E-state index contributed by atoms with van der Waals surface area (Å²) in [6.45, 7) is 6.98. The highest BCUT2D eigenvalue weighted by Gasteiger charge is 2.11. The Balaban J connectivity index is 1.94. The zero-order chi connectivity index (χ0) is 15.7. The second-order valence-corrected chi connectivity index (χ2v) is 6.04. The van der Waals surface area contributed by atoms with Gasteiger partial charge < -0.3 is 15.0 Å². The van der Waals surface area contributed by atoms with Crippen LogP contribution in [0.5, 0.6) is 5.75 Å². The molecule has 0 amide bonds. The van der Waals surface area contributed by atoms with Crippen molar-refractivity contribution in [2.24, 2.45) is 0 Å². The van der Waals surface area contributed by atoms with Gasteiger partial charge in [-0.05, 0) is 56.7 Å². The number of nitrogens with zero attached hydrogens (tertiary/aromatic N) is 1. The van der Waals surface area contributed by atoms with Crippen molar-refractivity contribution in [2.75, 3.05) is 5.73 Å². The van der Waals surface area contributed by atoms with Crippen molar-refractivity contribution in [3.05, 3.63) is 59.8 Å². The maximum absolute atomic E-state index is 5.96. The van der Waals surface area contributed by atoms with Gasteiger partial charge >= 0.3 is 0 Å². The summed E-state index contributed by atoms with van der Waals surface area (Å²) in [4.78, 5) is 0. The van der Waals surface area contributed by atoms with E-state index >= 15 is 0 Å². The minimum Gasteiger partial charge on any atom is -0.489 e. The van der Waals surface area contributed by atoms with Crippen molar-refractivity contribution in [3.8, 4) is 5.75 Å². The van der Waals surface area contributed by atoms with Crippen LogP contribution >= 0.6 is 0 Å². The van der Waals surface area contributed by atoms with Crippen molar-refractivity contribution in [1.29, 1.82) is 0 Å². The highest BCUT2D eigenvalue weighted by molar-refractivity contribution is 5.87. The van der Waals surface area contributed by atoms with E-state index in [1.165, 1.54) is 16.5 Å². The first-order valence-corrected chi connectivity index (χ1v) is 7.63. The van der Waals surface area contributed by atoms with Crippen LogP contribution in [0.3, 0.4) is 0 Å². The Labute approximate surface area is 131 Å². The van der Waals surface area contributed by atoms with Gasteiger partial charge in [0.25, 0.3) is 0 Å². The maximum Gasteiger partial charge on any atom is 0.120 e. The number of nitrogen functional groups attached to an aromatic ring is 1. The molecule has 0 fully saturated rings. The van der Waals surface area contributed by atoms with Crippen molar-refractivity contribution < 1.29 is 4.74 Å². The van der Waals surface area contributed by atoms with Crippen LogP contribution in [-0.2, 0) is 6.61 Å². The molecule has 0 spiro atoms. The lowest BCUT2D eigenvalue weighted by Crippen LogP contribution is -1.98. The van der Waals surface area contributed by atoms with E-state index in [1.807, 2.05) is 24.3 Å². The molecule has 0 radical (unpaired) electrons. The fourth-order valence-electron chi connectivity index (χ4n) is 2.75. The Morgan fingerprint density at radius 3 is 2.68 bits per heavy atom. The largest absolute Gasteiger partial charge is 0.489 e. The molecule has 0 aliphatic rings. The van der Waals surface area contributed by atoms with Crippen molar-refractivity contribution in [1.82, 2.24) is 4.57 Å². The average Bonchev–Trinajstić information content (AvgIpc) is 2.83. The second-order valence-electron chi connectivity index (χ2n) is 6.04. The lowest BCUT2D eigenvalue weighted by atomic mass is 10.1. The standard InChI is InChI=1S/C19H22N2O/c1-13(2)21-11-15(18-10-16(20)7-8-19(18)21)12-22-17-6-4-5-14(3)9-17/h4-11,13H,12,20H2,1-3H3. The molecule has 0 bridgehead atoms. The van der Waals surface area contributed by atoms with Crippen LogP contribution in [0.15, 0.2) is 48.7 Å². The zero-order valence-electron chi connectivity index (χ0n) is 13.3. The molecule has 1 heterocycles. The van der Waals surface area contributed by atoms with E-state index in [0.29, 0.717) is 12.6 Å². The van der Waals surface area contributed by atoms with E-state index in [9.17, 15) is 0 Å². The molecule has 3 heteroatoms. The number of hydrogen-bond donors (Lipinski definition) is 1. The predicted octanol–water partition coefficient (Wildman–Crippen LogP) is 4.69. The second kappa shape index (κ2) is 5.76. The zero-order valence-corrected chi connectivity index (χ0v) is 13.3. The lowest BCUT2D eigenvalue weighted by molar-refractivity contribution is 0.307. The fourth-order valence-corrected chi connectivity index (χ4v) is 2.75. The number of aryl methyl sites for hydroxylation is 1. The maximum atomic E-state index is 5.96. The average molecular weight is 294 g/mol. The Morgan fingerprint density at radius 2 is 1.95 bits per heavy atom. The van der Waals surface area contributed by atoms with Crippen molar-refractivity contribution in [3.63, 3.8) is 0 Å².